The Balaban J connectivity index is 1.71. The van der Waals surface area contributed by atoms with Gasteiger partial charge in [-0.25, -0.2) is 0 Å². The summed E-state index contributed by atoms with van der Waals surface area (Å²) in [5.74, 6) is -1.97. The van der Waals surface area contributed by atoms with Crippen LogP contribution in [0.2, 0.25) is 0 Å². The number of rotatable bonds is 3. The number of halogens is 3. The maximum absolute atomic E-state index is 14.0. The molecule has 8 heteroatoms. The second-order valence-corrected chi connectivity index (χ2v) is 9.32. The number of fused-ring (bicyclic) bond motifs is 1. The van der Waals surface area contributed by atoms with Crippen LogP contribution >= 0.6 is 0 Å². The van der Waals surface area contributed by atoms with Crippen molar-refractivity contribution in [3.63, 3.8) is 0 Å². The van der Waals surface area contributed by atoms with Crippen molar-refractivity contribution in [2.45, 2.75) is 37.9 Å². The first-order chi connectivity index (χ1) is 17.7. The maximum atomic E-state index is 14.0. The van der Waals surface area contributed by atoms with Gasteiger partial charge < -0.3 is 10.1 Å². The first kappa shape index (κ1) is 24.6. The Morgan fingerprint density at radius 1 is 0.946 bits per heavy atom. The molecule has 0 bridgehead atoms. The fourth-order valence-electron chi connectivity index (χ4n) is 5.13. The number of anilines is 2. The molecule has 0 radical (unpaired) electrons. The molecule has 1 heterocycles. The van der Waals surface area contributed by atoms with Gasteiger partial charge in [-0.1, -0.05) is 54.1 Å². The molecule has 3 aromatic rings. The fraction of sp³-hybridized carbons (Fsp3) is 0.241. The van der Waals surface area contributed by atoms with Crippen LogP contribution in [-0.2, 0) is 9.59 Å². The zero-order chi connectivity index (χ0) is 26.3. The van der Waals surface area contributed by atoms with E-state index in [9.17, 15) is 22.8 Å². The molecule has 0 saturated carbocycles. The largest absolute Gasteiger partial charge is 0.497 e. The van der Waals surface area contributed by atoms with E-state index in [1.807, 2.05) is 31.2 Å². The van der Waals surface area contributed by atoms with Gasteiger partial charge in [-0.05, 0) is 54.7 Å². The smallest absolute Gasteiger partial charge is 0.471 e. The summed E-state index contributed by atoms with van der Waals surface area (Å²) in [6.45, 7) is 1.98. The minimum absolute atomic E-state index is 0.0553. The highest BCUT2D eigenvalue weighted by Gasteiger charge is 2.49. The van der Waals surface area contributed by atoms with Crippen LogP contribution in [0.25, 0.3) is 0 Å². The Bertz CT molecular complexity index is 1380. The lowest BCUT2D eigenvalue weighted by molar-refractivity contribution is -0.170. The van der Waals surface area contributed by atoms with E-state index < -0.39 is 18.1 Å². The average Bonchev–Trinajstić information content (AvgIpc) is 3.02. The Morgan fingerprint density at radius 3 is 2.24 bits per heavy atom. The topological polar surface area (TPSA) is 58.6 Å². The monoisotopic (exact) mass is 506 g/mol. The number of carbonyl (C=O) groups is 2. The number of para-hydroxylation sites is 2. The number of carbonyl (C=O) groups excluding carboxylic acids is 2. The van der Waals surface area contributed by atoms with Gasteiger partial charge in [0.05, 0.1) is 24.5 Å². The Kier molecular flexibility index (Phi) is 6.27. The Labute approximate surface area is 212 Å². The number of aryl methyl sites for hydroxylation is 1. The molecule has 5 nitrogen and oxygen atoms in total. The minimum atomic E-state index is -5.15. The molecule has 2 aliphatic rings. The Hall–Kier alpha value is -4.07. The zero-order valence-electron chi connectivity index (χ0n) is 20.3. The van der Waals surface area contributed by atoms with Crippen LogP contribution < -0.4 is 15.0 Å². The molecule has 1 aliphatic heterocycles. The lowest BCUT2D eigenvalue weighted by atomic mass is 9.78. The number of nitrogens with one attached hydrogen (secondary N) is 1. The third kappa shape index (κ3) is 4.59. The maximum Gasteiger partial charge on any atom is 0.471 e. The molecular formula is C29H25F3N2O3. The lowest BCUT2D eigenvalue weighted by Crippen LogP contribution is -2.45. The Morgan fingerprint density at radius 2 is 1.59 bits per heavy atom. The van der Waals surface area contributed by atoms with E-state index in [1.165, 1.54) is 13.2 Å². The third-order valence-electron chi connectivity index (χ3n) is 6.93. The molecule has 0 unspecified atom stereocenters. The molecule has 5 rings (SSSR count). The molecule has 1 N–H and O–H groups in total. The van der Waals surface area contributed by atoms with Crippen LogP contribution in [0.4, 0.5) is 24.5 Å². The number of amides is 1. The molecule has 0 fully saturated rings. The highest BCUT2D eigenvalue weighted by atomic mass is 19.4. The van der Waals surface area contributed by atoms with E-state index in [0.29, 0.717) is 34.0 Å². The van der Waals surface area contributed by atoms with Gasteiger partial charge >= 0.3 is 12.1 Å². The quantitative estimate of drug-likeness (QED) is 0.443. The number of benzene rings is 3. The summed E-state index contributed by atoms with van der Waals surface area (Å²) in [6.07, 6.45) is -4.61. The summed E-state index contributed by atoms with van der Waals surface area (Å²) in [6, 6.07) is 19.4. The van der Waals surface area contributed by atoms with E-state index in [-0.39, 0.29) is 29.4 Å². The summed E-state index contributed by atoms with van der Waals surface area (Å²) in [4.78, 5) is 27.4. The third-order valence-corrected chi connectivity index (χ3v) is 6.93. The van der Waals surface area contributed by atoms with E-state index in [2.05, 4.69) is 5.32 Å². The van der Waals surface area contributed by atoms with E-state index in [0.717, 1.165) is 11.1 Å². The van der Waals surface area contributed by atoms with Crippen molar-refractivity contribution < 1.29 is 27.5 Å². The molecule has 0 aromatic heterocycles. The zero-order valence-corrected chi connectivity index (χ0v) is 20.3. The number of ketones is 1. The average molecular weight is 507 g/mol. The van der Waals surface area contributed by atoms with Crippen LogP contribution in [0.5, 0.6) is 5.75 Å². The van der Waals surface area contributed by atoms with Crippen LogP contribution in [0.15, 0.2) is 84.1 Å². The van der Waals surface area contributed by atoms with Crippen molar-refractivity contribution in [2.75, 3.05) is 17.3 Å². The predicted molar refractivity (Wildman–Crippen MR) is 135 cm³/mol. The van der Waals surface area contributed by atoms with Crippen molar-refractivity contribution in [1.82, 2.24) is 0 Å². The van der Waals surface area contributed by atoms with E-state index in [1.54, 1.807) is 42.5 Å². The molecule has 190 valence electrons. The van der Waals surface area contributed by atoms with Crippen LogP contribution in [0.1, 0.15) is 41.5 Å². The van der Waals surface area contributed by atoms with Gasteiger partial charge in [0.2, 0.25) is 0 Å². The number of hydrogen-bond acceptors (Lipinski definition) is 4. The van der Waals surface area contributed by atoms with Gasteiger partial charge in [0, 0.05) is 17.7 Å². The fourth-order valence-corrected chi connectivity index (χ4v) is 5.13. The summed E-state index contributed by atoms with van der Waals surface area (Å²) >= 11 is 0. The first-order valence-electron chi connectivity index (χ1n) is 11.9. The van der Waals surface area contributed by atoms with Gasteiger partial charge in [-0.2, -0.15) is 13.2 Å². The molecular weight excluding hydrogens is 481 g/mol. The van der Waals surface area contributed by atoms with Crippen LogP contribution in [0, 0.1) is 6.92 Å². The number of Topliss-reactive ketones (excluding diaryl/α,β-unsaturated/α-hetero) is 1. The number of hydrogen-bond donors (Lipinski definition) is 1. The highest BCUT2D eigenvalue weighted by Crippen LogP contribution is 2.48. The van der Waals surface area contributed by atoms with Gasteiger partial charge in [0.1, 0.15) is 5.75 Å². The molecule has 2 atom stereocenters. The van der Waals surface area contributed by atoms with Gasteiger partial charge in [0.25, 0.3) is 0 Å². The second-order valence-electron chi connectivity index (χ2n) is 9.32. The summed E-state index contributed by atoms with van der Waals surface area (Å²) in [7, 11) is 1.48. The predicted octanol–water partition coefficient (Wildman–Crippen LogP) is 6.47. The second kappa shape index (κ2) is 9.42. The van der Waals surface area contributed by atoms with E-state index in [4.69, 9.17) is 4.74 Å². The molecule has 1 aliphatic carbocycles. The molecule has 3 aromatic carbocycles. The minimum Gasteiger partial charge on any atom is -0.497 e. The normalized spacial score (nSPS) is 19.5. The van der Waals surface area contributed by atoms with Crippen molar-refractivity contribution in [3.05, 3.63) is 101 Å². The summed E-state index contributed by atoms with van der Waals surface area (Å²) in [5, 5.41) is 3.23. The van der Waals surface area contributed by atoms with Crippen LogP contribution in [0.3, 0.4) is 0 Å². The number of allylic oxidation sites excluding steroid dienone is 1. The number of ether oxygens (including phenoxy) is 1. The summed E-state index contributed by atoms with van der Waals surface area (Å²) in [5.41, 5.74) is 3.53. The van der Waals surface area contributed by atoms with Crippen molar-refractivity contribution >= 4 is 23.1 Å². The van der Waals surface area contributed by atoms with Crippen molar-refractivity contribution in [1.29, 1.82) is 0 Å². The van der Waals surface area contributed by atoms with E-state index >= 15 is 0 Å². The molecule has 0 spiro atoms. The number of methoxy groups -OCH3 is 1. The van der Waals surface area contributed by atoms with Crippen LogP contribution in [-0.4, -0.2) is 25.0 Å². The molecule has 0 saturated heterocycles. The standard InChI is InChI=1S/C29H25F3N2O3/c1-17-7-9-18(10-8-17)20-15-23-26(25(35)16-20)27(19-11-13-21(37-2)14-12-19)34(28(36)29(30,31)32)24-6-4-3-5-22(24)33-23/h3-14,20,27,33H,15-16H2,1-2H3/t20-,27+/m1/s1. The number of alkyl halides is 3. The number of nitrogens with zero attached hydrogens (tertiary/aromatic N) is 1. The lowest BCUT2D eigenvalue weighted by Gasteiger charge is -2.35. The molecule has 37 heavy (non-hydrogen) atoms. The SMILES string of the molecule is COc1ccc([C@H]2C3=C(C[C@@H](c4ccc(C)cc4)CC3=O)Nc3ccccc3N2C(=O)C(F)(F)F)cc1. The van der Waals surface area contributed by atoms with Gasteiger partial charge in [0.15, 0.2) is 5.78 Å². The molecule has 1 amide bonds. The first-order valence-corrected chi connectivity index (χ1v) is 11.9. The highest BCUT2D eigenvalue weighted by molar-refractivity contribution is 6.07. The summed E-state index contributed by atoms with van der Waals surface area (Å²) < 4.78 is 47.1. The van der Waals surface area contributed by atoms with Crippen molar-refractivity contribution in [3.8, 4) is 5.75 Å². The van der Waals surface area contributed by atoms with Gasteiger partial charge in [-0.15, -0.1) is 0 Å². The van der Waals surface area contributed by atoms with Crippen molar-refractivity contribution in [2.24, 2.45) is 0 Å². The van der Waals surface area contributed by atoms with Gasteiger partial charge in [-0.3, -0.25) is 14.5 Å².